The van der Waals surface area contributed by atoms with E-state index in [0.29, 0.717) is 0 Å². The Bertz CT molecular complexity index is 940. The van der Waals surface area contributed by atoms with Crippen LogP contribution in [-0.4, -0.2) is 0 Å². The zero-order valence-electron chi connectivity index (χ0n) is 15.2. The number of hydrogen-bond donors (Lipinski definition) is 0. The van der Waals surface area contributed by atoms with Crippen LogP contribution in [0.2, 0.25) is 0 Å². The molecule has 0 heterocycles. The second kappa shape index (κ2) is 4.84. The van der Waals surface area contributed by atoms with E-state index >= 15 is 0 Å². The minimum atomic E-state index is 1.39. The molecule has 0 aliphatic carbocycles. The van der Waals surface area contributed by atoms with Crippen molar-refractivity contribution in [3.05, 3.63) is 56.6 Å². The normalized spacial score (nSPS) is 11.6. The van der Waals surface area contributed by atoms with Crippen molar-refractivity contribution in [1.29, 1.82) is 0 Å². The van der Waals surface area contributed by atoms with Crippen molar-refractivity contribution in [2.75, 3.05) is 0 Å². The zero-order valence-corrected chi connectivity index (χ0v) is 15.2. The highest BCUT2D eigenvalue weighted by molar-refractivity contribution is 6.14. The molecular weight excluding hydrogens is 264 g/mol. The Morgan fingerprint density at radius 3 is 1.45 bits per heavy atom. The molecular formula is C22H26. The first-order valence-electron chi connectivity index (χ1n) is 8.15. The second-order valence-corrected chi connectivity index (χ2v) is 6.99. The molecule has 0 aromatic heterocycles. The molecule has 0 bridgehead atoms. The van der Waals surface area contributed by atoms with Crippen LogP contribution in [0.1, 0.15) is 44.5 Å². The fourth-order valence-corrected chi connectivity index (χ4v) is 3.98. The van der Waals surface area contributed by atoms with Gasteiger partial charge in [0.2, 0.25) is 0 Å². The van der Waals surface area contributed by atoms with Crippen LogP contribution < -0.4 is 0 Å². The molecule has 0 radical (unpaired) electrons. The van der Waals surface area contributed by atoms with Gasteiger partial charge in [-0.15, -0.1) is 0 Å². The lowest BCUT2D eigenvalue weighted by Gasteiger charge is -2.20. The minimum Gasteiger partial charge on any atom is -0.0511 e. The van der Waals surface area contributed by atoms with Gasteiger partial charge in [0.25, 0.3) is 0 Å². The number of rotatable bonds is 0. The van der Waals surface area contributed by atoms with Gasteiger partial charge in [-0.1, -0.05) is 12.1 Å². The SMILES string of the molecule is Cc1cc2cc(C)c3c(C)c(C)c(C)c(C)c3c2c(C)c1C. The molecule has 0 saturated heterocycles. The van der Waals surface area contributed by atoms with E-state index in [2.05, 4.69) is 67.5 Å². The summed E-state index contributed by atoms with van der Waals surface area (Å²) in [5, 5.41) is 5.76. The fourth-order valence-electron chi connectivity index (χ4n) is 3.98. The molecule has 0 unspecified atom stereocenters. The summed E-state index contributed by atoms with van der Waals surface area (Å²) in [6, 6.07) is 4.73. The zero-order chi connectivity index (χ0) is 16.3. The maximum Gasteiger partial charge on any atom is -0.00652 e. The van der Waals surface area contributed by atoms with Crippen molar-refractivity contribution in [1.82, 2.24) is 0 Å². The van der Waals surface area contributed by atoms with Gasteiger partial charge in [0, 0.05) is 0 Å². The van der Waals surface area contributed by atoms with Gasteiger partial charge in [0.1, 0.15) is 0 Å². The van der Waals surface area contributed by atoms with E-state index in [0.717, 1.165) is 0 Å². The third-order valence-electron chi connectivity index (χ3n) is 5.89. The predicted molar refractivity (Wildman–Crippen MR) is 99.4 cm³/mol. The van der Waals surface area contributed by atoms with E-state index in [4.69, 9.17) is 0 Å². The minimum absolute atomic E-state index is 1.39. The van der Waals surface area contributed by atoms with Gasteiger partial charge >= 0.3 is 0 Å². The molecule has 0 spiro atoms. The van der Waals surface area contributed by atoms with Crippen LogP contribution in [0.5, 0.6) is 0 Å². The summed E-state index contributed by atoms with van der Waals surface area (Å²) in [7, 11) is 0. The largest absolute Gasteiger partial charge is 0.0511 e. The van der Waals surface area contributed by atoms with E-state index < -0.39 is 0 Å². The Morgan fingerprint density at radius 2 is 0.864 bits per heavy atom. The summed E-state index contributed by atoms with van der Waals surface area (Å²) in [6.07, 6.45) is 0. The van der Waals surface area contributed by atoms with E-state index in [1.807, 2.05) is 0 Å². The Kier molecular flexibility index (Phi) is 3.32. The summed E-state index contributed by atoms with van der Waals surface area (Å²) in [5.41, 5.74) is 11.4. The molecule has 0 atom stereocenters. The Hall–Kier alpha value is -1.82. The lowest BCUT2D eigenvalue weighted by Crippen LogP contribution is -1.99. The molecule has 0 aliphatic rings. The first-order chi connectivity index (χ1) is 10.3. The standard InChI is InChI=1S/C22H26/c1-11-9-19-10-12(2)20-17(7)14(4)15(5)18(8)22(20)21(19)16(6)13(11)3/h9-10H,1-8H3. The average molecular weight is 290 g/mol. The van der Waals surface area contributed by atoms with E-state index in [1.165, 1.54) is 66.1 Å². The van der Waals surface area contributed by atoms with Crippen molar-refractivity contribution < 1.29 is 0 Å². The molecule has 0 saturated carbocycles. The van der Waals surface area contributed by atoms with Crippen molar-refractivity contribution in [2.45, 2.75) is 55.4 Å². The molecule has 0 heteroatoms. The van der Waals surface area contributed by atoms with Gasteiger partial charge in [-0.25, -0.2) is 0 Å². The molecule has 0 aliphatic heterocycles. The highest BCUT2D eigenvalue weighted by Gasteiger charge is 2.16. The third-order valence-corrected chi connectivity index (χ3v) is 5.89. The quantitative estimate of drug-likeness (QED) is 0.417. The second-order valence-electron chi connectivity index (χ2n) is 6.99. The van der Waals surface area contributed by atoms with Crippen LogP contribution in [0.15, 0.2) is 12.1 Å². The molecule has 3 rings (SSSR count). The first-order valence-corrected chi connectivity index (χ1v) is 8.15. The number of benzene rings is 3. The van der Waals surface area contributed by atoms with Crippen LogP contribution >= 0.6 is 0 Å². The lowest BCUT2D eigenvalue weighted by molar-refractivity contribution is 1.24. The number of hydrogen-bond acceptors (Lipinski definition) is 0. The van der Waals surface area contributed by atoms with Crippen molar-refractivity contribution >= 4 is 21.5 Å². The summed E-state index contributed by atoms with van der Waals surface area (Å²) >= 11 is 0. The summed E-state index contributed by atoms with van der Waals surface area (Å²) in [5.74, 6) is 0. The van der Waals surface area contributed by atoms with Crippen LogP contribution in [0.4, 0.5) is 0 Å². The molecule has 3 aromatic rings. The van der Waals surface area contributed by atoms with Crippen molar-refractivity contribution in [2.24, 2.45) is 0 Å². The molecule has 22 heavy (non-hydrogen) atoms. The summed E-state index contributed by atoms with van der Waals surface area (Å²) in [4.78, 5) is 0. The Balaban J connectivity index is 2.76. The van der Waals surface area contributed by atoms with Gasteiger partial charge in [-0.2, -0.15) is 0 Å². The van der Waals surface area contributed by atoms with Gasteiger partial charge in [-0.3, -0.25) is 0 Å². The average Bonchev–Trinajstić information content (AvgIpc) is 2.47. The van der Waals surface area contributed by atoms with Crippen LogP contribution in [0.3, 0.4) is 0 Å². The van der Waals surface area contributed by atoms with E-state index in [9.17, 15) is 0 Å². The lowest BCUT2D eigenvalue weighted by atomic mass is 9.84. The van der Waals surface area contributed by atoms with Gasteiger partial charge in [0.05, 0.1) is 0 Å². The van der Waals surface area contributed by atoms with Gasteiger partial charge < -0.3 is 0 Å². The van der Waals surface area contributed by atoms with Crippen LogP contribution in [0.25, 0.3) is 21.5 Å². The molecule has 0 fully saturated rings. The molecule has 0 N–H and O–H groups in total. The smallest absolute Gasteiger partial charge is 0.00652 e. The number of aryl methyl sites for hydroxylation is 5. The molecule has 0 nitrogen and oxygen atoms in total. The summed E-state index contributed by atoms with van der Waals surface area (Å²) < 4.78 is 0. The monoisotopic (exact) mass is 290 g/mol. The van der Waals surface area contributed by atoms with Crippen molar-refractivity contribution in [3.63, 3.8) is 0 Å². The Labute approximate surface area is 134 Å². The molecule has 114 valence electrons. The highest BCUT2D eigenvalue weighted by Crippen LogP contribution is 2.39. The Morgan fingerprint density at radius 1 is 0.409 bits per heavy atom. The molecule has 0 amide bonds. The van der Waals surface area contributed by atoms with Gasteiger partial charge in [0.15, 0.2) is 0 Å². The topological polar surface area (TPSA) is 0 Å². The maximum absolute atomic E-state index is 2.37. The first kappa shape index (κ1) is 15.1. The maximum atomic E-state index is 2.37. The van der Waals surface area contributed by atoms with E-state index in [1.54, 1.807) is 0 Å². The number of fused-ring (bicyclic) bond motifs is 3. The fraction of sp³-hybridized carbons (Fsp3) is 0.364. The van der Waals surface area contributed by atoms with Crippen LogP contribution in [-0.2, 0) is 0 Å². The highest BCUT2D eigenvalue weighted by atomic mass is 14.2. The van der Waals surface area contributed by atoms with E-state index in [-0.39, 0.29) is 0 Å². The third kappa shape index (κ3) is 1.83. The molecule has 3 aromatic carbocycles. The van der Waals surface area contributed by atoms with Crippen LogP contribution in [0, 0.1) is 55.4 Å². The summed E-state index contributed by atoms with van der Waals surface area (Å²) in [6.45, 7) is 18.1. The van der Waals surface area contributed by atoms with Gasteiger partial charge in [-0.05, 0) is 121 Å². The van der Waals surface area contributed by atoms with Crippen molar-refractivity contribution in [3.8, 4) is 0 Å². The predicted octanol–water partition coefficient (Wildman–Crippen LogP) is 6.46.